The molecule has 0 radical (unpaired) electrons. The number of ether oxygens (including phenoxy) is 1. The number of benzene rings is 2. The topological polar surface area (TPSA) is 117 Å². The van der Waals surface area contributed by atoms with Crippen LogP contribution in [0, 0.1) is 5.92 Å². The lowest BCUT2D eigenvalue weighted by Crippen LogP contribution is -2.57. The molecule has 3 atom stereocenters. The lowest BCUT2D eigenvalue weighted by atomic mass is 10.00. The van der Waals surface area contributed by atoms with Gasteiger partial charge >= 0.3 is 5.97 Å². The number of piperidine rings is 1. The van der Waals surface area contributed by atoms with E-state index in [4.69, 9.17) is 4.74 Å². The van der Waals surface area contributed by atoms with Crippen molar-refractivity contribution >= 4 is 23.7 Å². The Bertz CT molecular complexity index is 1140. The molecule has 1 aliphatic heterocycles. The molecular formula is C33H46N4O5. The Hall–Kier alpha value is -3.72. The van der Waals surface area contributed by atoms with E-state index in [-0.39, 0.29) is 24.8 Å². The molecule has 228 valence electrons. The van der Waals surface area contributed by atoms with Crippen LogP contribution < -0.4 is 16.0 Å². The van der Waals surface area contributed by atoms with Crippen LogP contribution in [0.2, 0.25) is 0 Å². The van der Waals surface area contributed by atoms with Crippen molar-refractivity contribution in [1.82, 2.24) is 20.9 Å². The number of esters is 1. The van der Waals surface area contributed by atoms with E-state index in [9.17, 15) is 19.2 Å². The van der Waals surface area contributed by atoms with E-state index in [2.05, 4.69) is 20.9 Å². The summed E-state index contributed by atoms with van der Waals surface area (Å²) in [4.78, 5) is 54.8. The molecule has 3 N–H and O–H groups in total. The average Bonchev–Trinajstić information content (AvgIpc) is 2.99. The summed E-state index contributed by atoms with van der Waals surface area (Å²) in [5, 5.41) is 8.62. The van der Waals surface area contributed by atoms with E-state index in [1.807, 2.05) is 74.5 Å². The SMILES string of the molecule is COC(=O)[C@H](Cc1ccccc1)NC(=O)[C@H](CC(C)C)NC(=O)[C@H](CCc1ccccc1)NC(=O)CN1CCCCC1. The fourth-order valence-corrected chi connectivity index (χ4v) is 5.22. The van der Waals surface area contributed by atoms with Crippen molar-refractivity contribution in [2.75, 3.05) is 26.7 Å². The summed E-state index contributed by atoms with van der Waals surface area (Å²) in [7, 11) is 1.28. The van der Waals surface area contributed by atoms with Crippen LogP contribution in [-0.4, -0.2) is 73.5 Å². The van der Waals surface area contributed by atoms with Gasteiger partial charge in [0.25, 0.3) is 0 Å². The van der Waals surface area contributed by atoms with Crippen LogP contribution in [0.15, 0.2) is 60.7 Å². The summed E-state index contributed by atoms with van der Waals surface area (Å²) in [5.74, 6) is -1.57. The Morgan fingerprint density at radius 1 is 0.762 bits per heavy atom. The third kappa shape index (κ3) is 11.3. The molecule has 9 heteroatoms. The number of carbonyl (C=O) groups is 4. The minimum atomic E-state index is -0.908. The summed E-state index contributed by atoms with van der Waals surface area (Å²) in [6, 6.07) is 16.5. The summed E-state index contributed by atoms with van der Waals surface area (Å²) in [6.45, 7) is 5.90. The number of hydrogen-bond donors (Lipinski definition) is 3. The van der Waals surface area contributed by atoms with Crippen molar-refractivity contribution in [2.24, 2.45) is 5.92 Å². The van der Waals surface area contributed by atoms with Crippen LogP contribution in [-0.2, 0) is 36.8 Å². The maximum absolute atomic E-state index is 13.6. The van der Waals surface area contributed by atoms with E-state index < -0.39 is 35.9 Å². The smallest absolute Gasteiger partial charge is 0.328 e. The molecule has 1 fully saturated rings. The summed E-state index contributed by atoms with van der Waals surface area (Å²) < 4.78 is 4.95. The number of hydrogen-bond acceptors (Lipinski definition) is 6. The molecule has 2 aromatic rings. The second kappa shape index (κ2) is 17.3. The van der Waals surface area contributed by atoms with E-state index in [1.54, 1.807) is 0 Å². The molecule has 2 aromatic carbocycles. The molecule has 1 saturated heterocycles. The van der Waals surface area contributed by atoms with Gasteiger partial charge in [-0.1, -0.05) is 80.9 Å². The third-order valence-electron chi connectivity index (χ3n) is 7.46. The maximum atomic E-state index is 13.6. The minimum Gasteiger partial charge on any atom is -0.467 e. The highest BCUT2D eigenvalue weighted by Crippen LogP contribution is 2.12. The average molecular weight is 579 g/mol. The zero-order valence-electron chi connectivity index (χ0n) is 25.1. The Kier molecular flexibility index (Phi) is 13.5. The first kappa shape index (κ1) is 32.8. The van der Waals surface area contributed by atoms with Crippen LogP contribution in [0.3, 0.4) is 0 Å². The zero-order valence-corrected chi connectivity index (χ0v) is 25.1. The van der Waals surface area contributed by atoms with Gasteiger partial charge in [0.15, 0.2) is 0 Å². The van der Waals surface area contributed by atoms with Crippen LogP contribution in [0.25, 0.3) is 0 Å². The van der Waals surface area contributed by atoms with Crippen molar-refractivity contribution in [1.29, 1.82) is 0 Å². The number of methoxy groups -OCH3 is 1. The van der Waals surface area contributed by atoms with Gasteiger partial charge in [-0.15, -0.1) is 0 Å². The predicted molar refractivity (Wildman–Crippen MR) is 162 cm³/mol. The molecule has 0 saturated carbocycles. The van der Waals surface area contributed by atoms with Crippen LogP contribution in [0.5, 0.6) is 0 Å². The summed E-state index contributed by atoms with van der Waals surface area (Å²) in [5.41, 5.74) is 1.92. The van der Waals surface area contributed by atoms with Gasteiger partial charge in [-0.3, -0.25) is 19.3 Å². The highest BCUT2D eigenvalue weighted by Gasteiger charge is 2.31. The fraction of sp³-hybridized carbons (Fsp3) is 0.515. The highest BCUT2D eigenvalue weighted by atomic mass is 16.5. The van der Waals surface area contributed by atoms with Crippen LogP contribution in [0.4, 0.5) is 0 Å². The Morgan fingerprint density at radius 2 is 1.33 bits per heavy atom. The zero-order chi connectivity index (χ0) is 30.3. The number of aryl methyl sites for hydroxylation is 1. The van der Waals surface area contributed by atoms with Gasteiger partial charge in [0.05, 0.1) is 13.7 Å². The maximum Gasteiger partial charge on any atom is 0.328 e. The number of carbonyl (C=O) groups excluding carboxylic acids is 4. The summed E-state index contributed by atoms with van der Waals surface area (Å²) in [6.07, 6.45) is 4.89. The Balaban J connectivity index is 1.72. The van der Waals surface area contributed by atoms with E-state index in [0.29, 0.717) is 19.3 Å². The standard InChI is InChI=1S/C33H46N4O5/c1-24(2)21-28(32(40)36-29(33(41)42-3)22-26-15-9-5-10-16-26)35-31(39)27(18-17-25-13-7-4-8-14-25)34-30(38)23-37-19-11-6-12-20-37/h4-5,7-10,13-16,24,27-29H,6,11-12,17-23H2,1-3H3,(H,34,38)(H,35,39)(H,36,40)/t27-,28-,29-/m0/s1. The van der Waals surface area contributed by atoms with Gasteiger partial charge < -0.3 is 20.7 Å². The van der Waals surface area contributed by atoms with Crippen molar-refractivity contribution in [3.05, 3.63) is 71.8 Å². The van der Waals surface area contributed by atoms with Gasteiger partial charge in [-0.25, -0.2) is 4.79 Å². The van der Waals surface area contributed by atoms with E-state index in [0.717, 1.165) is 37.1 Å². The van der Waals surface area contributed by atoms with E-state index >= 15 is 0 Å². The van der Waals surface area contributed by atoms with Crippen molar-refractivity contribution in [2.45, 2.75) is 76.9 Å². The summed E-state index contributed by atoms with van der Waals surface area (Å²) >= 11 is 0. The van der Waals surface area contributed by atoms with E-state index in [1.165, 1.54) is 13.5 Å². The second-order valence-electron chi connectivity index (χ2n) is 11.4. The van der Waals surface area contributed by atoms with Crippen LogP contribution in [0.1, 0.15) is 57.1 Å². The number of nitrogens with one attached hydrogen (secondary N) is 3. The van der Waals surface area contributed by atoms with Crippen LogP contribution >= 0.6 is 0 Å². The number of rotatable bonds is 15. The normalized spacial score (nSPS) is 15.7. The molecule has 1 heterocycles. The quantitative estimate of drug-likeness (QED) is 0.280. The Morgan fingerprint density at radius 3 is 1.93 bits per heavy atom. The molecule has 0 aliphatic carbocycles. The predicted octanol–water partition coefficient (Wildman–Crippen LogP) is 3.02. The second-order valence-corrected chi connectivity index (χ2v) is 11.4. The first-order valence-corrected chi connectivity index (χ1v) is 15.0. The molecule has 1 aliphatic rings. The first-order chi connectivity index (χ1) is 20.2. The molecule has 3 rings (SSSR count). The number of nitrogens with zero attached hydrogens (tertiary/aromatic N) is 1. The van der Waals surface area contributed by atoms with Crippen molar-refractivity contribution < 1.29 is 23.9 Å². The third-order valence-corrected chi connectivity index (χ3v) is 7.46. The van der Waals surface area contributed by atoms with Gasteiger partial charge in [-0.2, -0.15) is 0 Å². The molecule has 0 bridgehead atoms. The number of likely N-dealkylation sites (tertiary alicyclic amines) is 1. The molecule has 0 unspecified atom stereocenters. The van der Waals surface area contributed by atoms with Gasteiger partial charge in [0, 0.05) is 6.42 Å². The van der Waals surface area contributed by atoms with Crippen molar-refractivity contribution in [3.8, 4) is 0 Å². The molecular weight excluding hydrogens is 532 g/mol. The lowest BCUT2D eigenvalue weighted by molar-refractivity contribution is -0.145. The lowest BCUT2D eigenvalue weighted by Gasteiger charge is -2.28. The largest absolute Gasteiger partial charge is 0.467 e. The molecule has 0 spiro atoms. The van der Waals surface area contributed by atoms with Crippen molar-refractivity contribution in [3.63, 3.8) is 0 Å². The van der Waals surface area contributed by atoms with Gasteiger partial charge in [0.2, 0.25) is 17.7 Å². The first-order valence-electron chi connectivity index (χ1n) is 15.0. The number of amides is 3. The highest BCUT2D eigenvalue weighted by molar-refractivity contribution is 5.93. The molecule has 42 heavy (non-hydrogen) atoms. The van der Waals surface area contributed by atoms with Gasteiger partial charge in [0.1, 0.15) is 18.1 Å². The monoisotopic (exact) mass is 578 g/mol. The Labute approximate surface area is 249 Å². The van der Waals surface area contributed by atoms with Gasteiger partial charge in [-0.05, 0) is 62.2 Å². The fourth-order valence-electron chi connectivity index (χ4n) is 5.22. The minimum absolute atomic E-state index is 0.0863. The molecule has 3 amide bonds. The molecule has 9 nitrogen and oxygen atoms in total. The molecule has 0 aromatic heterocycles.